The first-order chi connectivity index (χ1) is 13.5. The second-order valence-electron chi connectivity index (χ2n) is 7.59. The van der Waals surface area contributed by atoms with Gasteiger partial charge >= 0.3 is 0 Å². The summed E-state index contributed by atoms with van der Waals surface area (Å²) in [7, 11) is 0. The van der Waals surface area contributed by atoms with Crippen LogP contribution in [0.3, 0.4) is 0 Å². The maximum Gasteiger partial charge on any atom is 0.216 e. The molecule has 0 aromatic heterocycles. The zero-order valence-corrected chi connectivity index (χ0v) is 17.9. The molecule has 3 N–H and O–H groups in total. The van der Waals surface area contributed by atoms with E-state index in [4.69, 9.17) is 4.74 Å². The average molecular weight is 449 g/mol. The van der Waals surface area contributed by atoms with Crippen LogP contribution in [0.15, 0.2) is 53.0 Å². The number of ketones is 1. The van der Waals surface area contributed by atoms with Crippen LogP contribution in [-0.4, -0.2) is 62.9 Å². The summed E-state index contributed by atoms with van der Waals surface area (Å²) in [4.78, 5) is 15.1. The Labute approximate surface area is 175 Å². The van der Waals surface area contributed by atoms with Gasteiger partial charge in [0.25, 0.3) is 0 Å². The van der Waals surface area contributed by atoms with Crippen molar-refractivity contribution in [1.82, 2.24) is 0 Å². The van der Waals surface area contributed by atoms with Crippen LogP contribution in [0.1, 0.15) is 15.9 Å². The molecule has 2 aromatic rings. The Morgan fingerprint density at radius 3 is 2.46 bits per heavy atom. The number of hydrogen-bond donors (Lipinski definition) is 3. The SMILES string of the molecule is Cc1cccc(OCC(O)C[NH+]2CC[NH+](CC(=O)c3ccc(Br)cc3)CC2)c1. The van der Waals surface area contributed by atoms with Gasteiger partial charge in [-0.3, -0.25) is 4.79 Å². The van der Waals surface area contributed by atoms with Gasteiger partial charge < -0.3 is 19.6 Å². The largest absolute Gasteiger partial charge is 0.491 e. The minimum atomic E-state index is -0.485. The molecule has 28 heavy (non-hydrogen) atoms. The molecule has 1 fully saturated rings. The van der Waals surface area contributed by atoms with Gasteiger partial charge in [-0.2, -0.15) is 0 Å². The second kappa shape index (κ2) is 10.2. The number of nitrogens with one attached hydrogen (secondary N) is 2. The maximum atomic E-state index is 12.4. The molecule has 5 nitrogen and oxygen atoms in total. The molecule has 1 unspecified atom stereocenters. The normalized spacial score (nSPS) is 20.5. The molecule has 1 saturated heterocycles. The number of piperazine rings is 1. The van der Waals surface area contributed by atoms with E-state index in [2.05, 4.69) is 15.9 Å². The first-order valence-electron chi connectivity index (χ1n) is 9.83. The van der Waals surface area contributed by atoms with Gasteiger partial charge in [-0.25, -0.2) is 0 Å². The van der Waals surface area contributed by atoms with Crippen molar-refractivity contribution >= 4 is 21.7 Å². The van der Waals surface area contributed by atoms with Gasteiger partial charge in [0.15, 0.2) is 0 Å². The number of Topliss-reactive ketones (excluding diaryl/α,β-unsaturated/α-hetero) is 1. The topological polar surface area (TPSA) is 55.4 Å². The fourth-order valence-electron chi connectivity index (χ4n) is 3.59. The molecule has 2 aromatic carbocycles. The van der Waals surface area contributed by atoms with Gasteiger partial charge in [0.2, 0.25) is 5.78 Å². The number of rotatable bonds is 8. The Morgan fingerprint density at radius 2 is 1.79 bits per heavy atom. The van der Waals surface area contributed by atoms with E-state index in [1.165, 1.54) is 9.80 Å². The van der Waals surface area contributed by atoms with Crippen molar-refractivity contribution in [3.8, 4) is 5.75 Å². The van der Waals surface area contributed by atoms with E-state index < -0.39 is 6.10 Å². The van der Waals surface area contributed by atoms with Crippen molar-refractivity contribution < 1.29 is 24.4 Å². The average Bonchev–Trinajstić information content (AvgIpc) is 2.68. The number of aliphatic hydroxyl groups excluding tert-OH is 1. The zero-order chi connectivity index (χ0) is 19.9. The number of halogens is 1. The number of aryl methyl sites for hydroxylation is 1. The summed E-state index contributed by atoms with van der Waals surface area (Å²) in [5, 5.41) is 10.3. The first kappa shape index (κ1) is 21.0. The van der Waals surface area contributed by atoms with Gasteiger partial charge in [0.1, 0.15) is 57.7 Å². The Bertz CT molecular complexity index is 774. The Morgan fingerprint density at radius 1 is 1.11 bits per heavy atom. The van der Waals surface area contributed by atoms with Crippen LogP contribution in [0.4, 0.5) is 0 Å². The number of hydrogen-bond acceptors (Lipinski definition) is 3. The monoisotopic (exact) mass is 448 g/mol. The highest BCUT2D eigenvalue weighted by Crippen LogP contribution is 2.12. The van der Waals surface area contributed by atoms with Crippen molar-refractivity contribution in [2.24, 2.45) is 0 Å². The lowest BCUT2D eigenvalue weighted by atomic mass is 10.1. The first-order valence-corrected chi connectivity index (χ1v) is 10.6. The third-order valence-corrected chi connectivity index (χ3v) is 5.73. The summed E-state index contributed by atoms with van der Waals surface area (Å²) in [5.74, 6) is 0.993. The van der Waals surface area contributed by atoms with Gasteiger partial charge in [0.05, 0.1) is 0 Å². The molecule has 0 aliphatic carbocycles. The molecule has 1 atom stereocenters. The van der Waals surface area contributed by atoms with Crippen molar-refractivity contribution in [2.45, 2.75) is 13.0 Å². The van der Waals surface area contributed by atoms with Crippen LogP contribution in [-0.2, 0) is 0 Å². The zero-order valence-electron chi connectivity index (χ0n) is 16.3. The summed E-state index contributed by atoms with van der Waals surface area (Å²) < 4.78 is 6.69. The number of carbonyl (C=O) groups is 1. The summed E-state index contributed by atoms with van der Waals surface area (Å²) in [6.07, 6.45) is -0.485. The molecule has 0 radical (unpaired) electrons. The molecular weight excluding hydrogens is 420 g/mol. The molecule has 0 spiro atoms. The van der Waals surface area contributed by atoms with Crippen LogP contribution in [0.2, 0.25) is 0 Å². The minimum Gasteiger partial charge on any atom is -0.491 e. The summed E-state index contributed by atoms with van der Waals surface area (Å²) in [6, 6.07) is 15.4. The molecule has 0 bridgehead atoms. The number of ether oxygens (including phenoxy) is 1. The van der Waals surface area contributed by atoms with E-state index >= 15 is 0 Å². The van der Waals surface area contributed by atoms with E-state index in [1.54, 1.807) is 0 Å². The summed E-state index contributed by atoms with van der Waals surface area (Å²) in [5.41, 5.74) is 1.92. The molecule has 0 saturated carbocycles. The van der Waals surface area contributed by atoms with E-state index in [9.17, 15) is 9.90 Å². The van der Waals surface area contributed by atoms with Gasteiger partial charge in [-0.1, -0.05) is 40.2 Å². The van der Waals surface area contributed by atoms with Gasteiger partial charge in [-0.05, 0) is 36.8 Å². The highest BCUT2D eigenvalue weighted by atomic mass is 79.9. The maximum absolute atomic E-state index is 12.4. The lowest BCUT2D eigenvalue weighted by molar-refractivity contribution is -1.01. The molecule has 1 aliphatic rings. The highest BCUT2D eigenvalue weighted by Gasteiger charge is 2.26. The smallest absolute Gasteiger partial charge is 0.216 e. The lowest BCUT2D eigenvalue weighted by Gasteiger charge is -2.30. The molecule has 1 aliphatic heterocycles. The fraction of sp³-hybridized carbons (Fsp3) is 0.409. The van der Waals surface area contributed by atoms with Crippen molar-refractivity contribution in [1.29, 1.82) is 0 Å². The van der Waals surface area contributed by atoms with E-state index in [0.29, 0.717) is 19.7 Å². The van der Waals surface area contributed by atoms with E-state index in [-0.39, 0.29) is 5.78 Å². The minimum absolute atomic E-state index is 0.192. The van der Waals surface area contributed by atoms with Crippen LogP contribution in [0, 0.1) is 6.92 Å². The Hall–Kier alpha value is -1.73. The predicted octanol–water partition coefficient (Wildman–Crippen LogP) is 0.164. The van der Waals surface area contributed by atoms with Gasteiger partial charge in [0, 0.05) is 10.0 Å². The third-order valence-electron chi connectivity index (χ3n) is 5.20. The van der Waals surface area contributed by atoms with Crippen LogP contribution in [0.25, 0.3) is 0 Å². The fourth-order valence-corrected chi connectivity index (χ4v) is 3.86. The molecule has 150 valence electrons. The number of benzene rings is 2. The molecular formula is C22H29BrN2O3+2. The number of aliphatic hydroxyl groups is 1. The molecule has 1 heterocycles. The van der Waals surface area contributed by atoms with Crippen LogP contribution in [0.5, 0.6) is 5.75 Å². The molecule has 6 heteroatoms. The molecule has 0 amide bonds. The van der Waals surface area contributed by atoms with Crippen LogP contribution < -0.4 is 14.5 Å². The Kier molecular flexibility index (Phi) is 7.62. The quantitative estimate of drug-likeness (QED) is 0.504. The van der Waals surface area contributed by atoms with Gasteiger partial charge in [-0.15, -0.1) is 0 Å². The Balaban J connectivity index is 1.37. The van der Waals surface area contributed by atoms with Crippen LogP contribution >= 0.6 is 15.9 Å². The number of quaternary nitrogens is 2. The highest BCUT2D eigenvalue weighted by molar-refractivity contribution is 9.10. The second-order valence-corrected chi connectivity index (χ2v) is 8.51. The third kappa shape index (κ3) is 6.41. The lowest BCUT2D eigenvalue weighted by Crippen LogP contribution is -3.28. The summed E-state index contributed by atoms with van der Waals surface area (Å²) >= 11 is 3.40. The van der Waals surface area contributed by atoms with E-state index in [1.807, 2.05) is 55.5 Å². The summed E-state index contributed by atoms with van der Waals surface area (Å²) in [6.45, 7) is 7.37. The van der Waals surface area contributed by atoms with Crippen molar-refractivity contribution in [3.63, 3.8) is 0 Å². The standard InChI is InChI=1S/C22H27BrN2O3/c1-17-3-2-4-21(13-17)28-16-20(26)14-24-9-11-25(12-10-24)15-22(27)18-5-7-19(23)8-6-18/h2-8,13,20,26H,9-12,14-16H2,1H3/p+2. The predicted molar refractivity (Wildman–Crippen MR) is 112 cm³/mol. The molecule has 3 rings (SSSR count). The number of carbonyl (C=O) groups excluding carboxylic acids is 1. The van der Waals surface area contributed by atoms with Crippen molar-refractivity contribution in [2.75, 3.05) is 45.9 Å². The van der Waals surface area contributed by atoms with Crippen molar-refractivity contribution in [3.05, 3.63) is 64.1 Å². The van der Waals surface area contributed by atoms with E-state index in [0.717, 1.165) is 47.5 Å².